The fourth-order valence-electron chi connectivity index (χ4n) is 1.32. The van der Waals surface area contributed by atoms with Gasteiger partial charge in [0.25, 0.3) is 0 Å². The summed E-state index contributed by atoms with van der Waals surface area (Å²) in [7, 11) is 0. The van der Waals surface area contributed by atoms with Gasteiger partial charge in [0.1, 0.15) is 0 Å². The van der Waals surface area contributed by atoms with Crippen LogP contribution >= 0.6 is 11.6 Å². The van der Waals surface area contributed by atoms with Crippen LogP contribution in [0.3, 0.4) is 0 Å². The summed E-state index contributed by atoms with van der Waals surface area (Å²) >= 11 is 5.73. The van der Waals surface area contributed by atoms with E-state index in [4.69, 9.17) is 16.8 Å². The number of pyridine rings is 1. The Morgan fingerprint density at radius 3 is 2.86 bits per heavy atom. The fraction of sp³-hybridized carbons (Fsp3) is 0. The molecule has 0 saturated carbocycles. The highest BCUT2D eigenvalue weighted by atomic mass is 35.5. The summed E-state index contributed by atoms with van der Waals surface area (Å²) in [5, 5.41) is 12.5. The van der Waals surface area contributed by atoms with Gasteiger partial charge in [-0.3, -0.25) is 4.98 Å². The van der Waals surface area contributed by atoms with Crippen molar-refractivity contribution in [3.63, 3.8) is 0 Å². The Balaban J connectivity index is 2.77. The first kappa shape index (κ1) is 8.97. The van der Waals surface area contributed by atoms with Crippen molar-refractivity contribution in [1.82, 2.24) is 4.98 Å². The summed E-state index contributed by atoms with van der Waals surface area (Å²) in [5.41, 5.74) is 1.37. The van der Waals surface area contributed by atoms with Crippen molar-refractivity contribution in [1.29, 1.82) is 0 Å². The smallest absolute Gasteiger partial charge is 0.177 e. The van der Waals surface area contributed by atoms with Crippen LogP contribution in [0, 0.1) is 0 Å². The van der Waals surface area contributed by atoms with Gasteiger partial charge in [0.15, 0.2) is 5.17 Å². The largest absolute Gasteiger partial charge is 0.410 e. The van der Waals surface area contributed by atoms with E-state index < -0.39 is 0 Å². The summed E-state index contributed by atoms with van der Waals surface area (Å²) in [6.45, 7) is 0. The molecule has 1 aromatic heterocycles. The van der Waals surface area contributed by atoms with Gasteiger partial charge < -0.3 is 5.21 Å². The number of benzene rings is 1. The molecule has 70 valence electrons. The molecule has 0 amide bonds. The van der Waals surface area contributed by atoms with Gasteiger partial charge >= 0.3 is 0 Å². The quantitative estimate of drug-likeness (QED) is 0.443. The first-order valence-corrected chi connectivity index (χ1v) is 4.42. The Bertz CT molecular complexity index is 491. The molecule has 0 fully saturated rings. The third-order valence-electron chi connectivity index (χ3n) is 1.94. The fourth-order valence-corrected chi connectivity index (χ4v) is 1.48. The van der Waals surface area contributed by atoms with Gasteiger partial charge in [0, 0.05) is 17.1 Å². The van der Waals surface area contributed by atoms with Gasteiger partial charge in [-0.25, -0.2) is 0 Å². The van der Waals surface area contributed by atoms with Crippen molar-refractivity contribution in [2.75, 3.05) is 0 Å². The van der Waals surface area contributed by atoms with Crippen molar-refractivity contribution < 1.29 is 5.21 Å². The minimum Gasteiger partial charge on any atom is -0.410 e. The second-order valence-corrected chi connectivity index (χ2v) is 3.13. The summed E-state index contributed by atoms with van der Waals surface area (Å²) < 4.78 is 0. The van der Waals surface area contributed by atoms with Crippen molar-refractivity contribution in [3.05, 3.63) is 42.1 Å². The van der Waals surface area contributed by atoms with Crippen LogP contribution in [0.25, 0.3) is 10.9 Å². The highest BCUT2D eigenvalue weighted by molar-refractivity contribution is 6.70. The normalized spacial score (nSPS) is 11.9. The maximum Gasteiger partial charge on any atom is 0.177 e. The molecule has 3 nitrogen and oxygen atoms in total. The SMILES string of the molecule is ON=C(Cl)c1cccc2cccnc12. The van der Waals surface area contributed by atoms with Crippen LogP contribution in [-0.4, -0.2) is 15.4 Å². The van der Waals surface area contributed by atoms with Crippen LogP contribution in [0.5, 0.6) is 0 Å². The van der Waals surface area contributed by atoms with Crippen LogP contribution in [0.2, 0.25) is 0 Å². The van der Waals surface area contributed by atoms with Gasteiger partial charge in [0.2, 0.25) is 0 Å². The van der Waals surface area contributed by atoms with Crippen LogP contribution in [-0.2, 0) is 0 Å². The predicted molar refractivity (Wildman–Crippen MR) is 55.9 cm³/mol. The van der Waals surface area contributed by atoms with E-state index in [9.17, 15) is 0 Å². The summed E-state index contributed by atoms with van der Waals surface area (Å²) in [5.74, 6) is 0. The van der Waals surface area contributed by atoms with Crippen LogP contribution < -0.4 is 0 Å². The summed E-state index contributed by atoms with van der Waals surface area (Å²) in [6, 6.07) is 9.29. The molecule has 1 aromatic carbocycles. The van der Waals surface area contributed by atoms with Crippen LogP contribution in [0.15, 0.2) is 41.7 Å². The molecule has 2 rings (SSSR count). The van der Waals surface area contributed by atoms with E-state index in [1.54, 1.807) is 12.3 Å². The molecule has 1 heterocycles. The molecule has 0 spiro atoms. The Morgan fingerprint density at radius 2 is 2.07 bits per heavy atom. The number of hydrogen-bond acceptors (Lipinski definition) is 3. The monoisotopic (exact) mass is 206 g/mol. The lowest BCUT2D eigenvalue weighted by Crippen LogP contribution is -1.94. The number of aromatic nitrogens is 1. The van der Waals surface area contributed by atoms with Gasteiger partial charge in [-0.2, -0.15) is 0 Å². The first-order valence-electron chi connectivity index (χ1n) is 4.04. The Labute approximate surface area is 85.6 Å². The lowest BCUT2D eigenvalue weighted by molar-refractivity contribution is 0.321. The predicted octanol–water partition coefficient (Wildman–Crippen LogP) is 2.61. The summed E-state index contributed by atoms with van der Waals surface area (Å²) in [4.78, 5) is 4.17. The first-order chi connectivity index (χ1) is 6.83. The highest BCUT2D eigenvalue weighted by Crippen LogP contribution is 2.17. The maximum atomic E-state index is 8.58. The van der Waals surface area contributed by atoms with Gasteiger partial charge in [-0.1, -0.05) is 35.0 Å². The number of oxime groups is 1. The van der Waals surface area contributed by atoms with Gasteiger partial charge in [-0.15, -0.1) is 0 Å². The molecule has 0 aliphatic heterocycles. The summed E-state index contributed by atoms with van der Waals surface area (Å²) in [6.07, 6.45) is 1.67. The topological polar surface area (TPSA) is 45.5 Å². The molecule has 0 unspecified atom stereocenters. The molecule has 0 aliphatic carbocycles. The third-order valence-corrected chi connectivity index (χ3v) is 2.22. The minimum atomic E-state index is 0.0503. The van der Waals surface area contributed by atoms with E-state index in [0.717, 1.165) is 10.9 Å². The van der Waals surface area contributed by atoms with E-state index in [0.29, 0.717) is 5.56 Å². The Kier molecular flexibility index (Phi) is 2.33. The zero-order valence-electron chi connectivity index (χ0n) is 7.18. The Morgan fingerprint density at radius 1 is 1.29 bits per heavy atom. The van der Waals surface area contributed by atoms with Crippen LogP contribution in [0.4, 0.5) is 0 Å². The maximum absolute atomic E-state index is 8.58. The minimum absolute atomic E-state index is 0.0503. The second kappa shape index (κ2) is 3.64. The lowest BCUT2D eigenvalue weighted by Gasteiger charge is -2.01. The lowest BCUT2D eigenvalue weighted by atomic mass is 10.1. The zero-order valence-corrected chi connectivity index (χ0v) is 7.94. The van der Waals surface area contributed by atoms with Crippen molar-refractivity contribution in [2.45, 2.75) is 0 Å². The molecular formula is C10H7ClN2O. The van der Waals surface area contributed by atoms with E-state index in [-0.39, 0.29) is 5.17 Å². The second-order valence-electron chi connectivity index (χ2n) is 2.77. The average Bonchev–Trinajstić information content (AvgIpc) is 2.27. The number of fused-ring (bicyclic) bond motifs is 1. The highest BCUT2D eigenvalue weighted by Gasteiger charge is 2.05. The van der Waals surface area contributed by atoms with Gasteiger partial charge in [0.05, 0.1) is 5.52 Å². The van der Waals surface area contributed by atoms with E-state index in [1.807, 2.05) is 24.3 Å². The number of para-hydroxylation sites is 1. The van der Waals surface area contributed by atoms with Crippen LogP contribution in [0.1, 0.15) is 5.56 Å². The molecule has 14 heavy (non-hydrogen) atoms. The molecule has 0 saturated heterocycles. The molecule has 0 atom stereocenters. The van der Waals surface area contributed by atoms with E-state index >= 15 is 0 Å². The van der Waals surface area contributed by atoms with E-state index in [2.05, 4.69) is 10.1 Å². The molecule has 2 aromatic rings. The number of nitrogens with zero attached hydrogens (tertiary/aromatic N) is 2. The number of halogens is 1. The van der Waals surface area contributed by atoms with Gasteiger partial charge in [-0.05, 0) is 12.1 Å². The standard InChI is InChI=1S/C10H7ClN2O/c11-10(13-14)8-5-1-3-7-4-2-6-12-9(7)8/h1-6,14H. The molecule has 1 N–H and O–H groups in total. The van der Waals surface area contributed by atoms with E-state index in [1.165, 1.54) is 0 Å². The third kappa shape index (κ3) is 1.42. The zero-order chi connectivity index (χ0) is 9.97. The van der Waals surface area contributed by atoms with Crippen molar-refractivity contribution >= 4 is 27.7 Å². The number of rotatable bonds is 1. The molecular weight excluding hydrogens is 200 g/mol. The van der Waals surface area contributed by atoms with Crippen molar-refractivity contribution in [2.24, 2.45) is 5.16 Å². The van der Waals surface area contributed by atoms with Crippen molar-refractivity contribution in [3.8, 4) is 0 Å². The molecule has 4 heteroatoms. The number of hydrogen-bond donors (Lipinski definition) is 1. The Hall–Kier alpha value is -1.61. The molecule has 0 aliphatic rings. The molecule has 0 radical (unpaired) electrons. The average molecular weight is 207 g/mol. The molecule has 0 bridgehead atoms.